The topological polar surface area (TPSA) is 19.6 Å². The van der Waals surface area contributed by atoms with Crippen molar-refractivity contribution in [1.82, 2.24) is 0 Å². The number of para-hydroxylation sites is 2. The molecule has 0 radical (unpaired) electrons. The molecule has 3 nitrogen and oxygen atoms in total. The average Bonchev–Trinajstić information content (AvgIpc) is 1.53. The van der Waals surface area contributed by atoms with Crippen LogP contribution in [0.15, 0.2) is 441 Å². The fraction of sp³-hybridized carbons (Fsp3) is 0.0192. The van der Waals surface area contributed by atoms with Crippen LogP contribution in [-0.2, 0) is 10.8 Å². The molecule has 0 saturated heterocycles. The van der Waals surface area contributed by atoms with Crippen molar-refractivity contribution >= 4 is 56.1 Å². The standard InChI is InChI=1S/C55H37NO.C49H35N/c1-4-15-38(16-5-1)39-27-31-43(32-28-39)56(44-33-29-40(30-34-44)46-23-14-24-49-48-22-11-13-26-53(48)57-54(46)49)45-35-36-52-50(37-45)47-21-10-12-25-51(47)55(52,41-17-6-2-7-18-41)42-19-8-3-9-20-42;1-5-15-36(16-6-1)38-25-29-42(30-26-38)50(43-31-27-39(28-32-43)37-17-7-2-8-18-37)44-33-34-48-46(35-44)45-23-13-14-24-47(45)49(48,40-19-9-3-10-20-40)41-21-11-4-12-22-41/h1-37H;1-35H. The summed E-state index contributed by atoms with van der Waals surface area (Å²) in [6.45, 7) is 0. The van der Waals surface area contributed by atoms with E-state index >= 15 is 0 Å². The third kappa shape index (κ3) is 11.1. The van der Waals surface area contributed by atoms with Crippen LogP contribution in [0.5, 0.6) is 0 Å². The second-order valence-corrected chi connectivity index (χ2v) is 27.8. The third-order valence-corrected chi connectivity index (χ3v) is 21.9. The van der Waals surface area contributed by atoms with E-state index in [0.717, 1.165) is 67.2 Å². The lowest BCUT2D eigenvalue weighted by Gasteiger charge is -2.34. The number of fused-ring (bicyclic) bond motifs is 9. The van der Waals surface area contributed by atoms with Gasteiger partial charge < -0.3 is 14.2 Å². The number of rotatable bonds is 14. The van der Waals surface area contributed by atoms with Crippen LogP contribution in [-0.4, -0.2) is 0 Å². The summed E-state index contributed by atoms with van der Waals surface area (Å²) < 4.78 is 6.44. The monoisotopic (exact) mass is 1360 g/mol. The van der Waals surface area contributed by atoms with Crippen molar-refractivity contribution in [2.24, 2.45) is 0 Å². The summed E-state index contributed by atoms with van der Waals surface area (Å²) in [5.74, 6) is 0. The summed E-state index contributed by atoms with van der Waals surface area (Å²) >= 11 is 0. The maximum Gasteiger partial charge on any atom is 0.143 e. The molecule has 18 aromatic rings. The van der Waals surface area contributed by atoms with Crippen LogP contribution >= 0.6 is 0 Å². The minimum Gasteiger partial charge on any atom is -0.455 e. The Bertz CT molecular complexity index is 6020. The second kappa shape index (κ2) is 27.4. The van der Waals surface area contributed by atoms with Gasteiger partial charge in [0.2, 0.25) is 0 Å². The smallest absolute Gasteiger partial charge is 0.143 e. The van der Waals surface area contributed by atoms with Crippen molar-refractivity contribution < 1.29 is 4.42 Å². The Morgan fingerprint density at radius 1 is 0.178 bits per heavy atom. The summed E-state index contributed by atoms with van der Waals surface area (Å²) in [5, 5.41) is 2.27. The van der Waals surface area contributed by atoms with Crippen molar-refractivity contribution in [3.05, 3.63) is 481 Å². The molecule has 3 heteroatoms. The Morgan fingerprint density at radius 2 is 0.449 bits per heavy atom. The van der Waals surface area contributed by atoms with Crippen molar-refractivity contribution in [3.63, 3.8) is 0 Å². The molecule has 0 amide bonds. The molecule has 1 aromatic heterocycles. The van der Waals surface area contributed by atoms with Crippen LogP contribution < -0.4 is 9.80 Å². The highest BCUT2D eigenvalue weighted by atomic mass is 16.3. The summed E-state index contributed by atoms with van der Waals surface area (Å²) in [6, 6.07) is 158. The van der Waals surface area contributed by atoms with Crippen molar-refractivity contribution in [2.75, 3.05) is 9.80 Å². The van der Waals surface area contributed by atoms with E-state index in [1.165, 1.54) is 100 Å². The molecule has 504 valence electrons. The van der Waals surface area contributed by atoms with Crippen LogP contribution in [0.3, 0.4) is 0 Å². The van der Waals surface area contributed by atoms with Gasteiger partial charge in [-0.15, -0.1) is 0 Å². The molecule has 0 saturated carbocycles. The Balaban J connectivity index is 0.000000147. The molecule has 0 fully saturated rings. The maximum absolute atomic E-state index is 6.44. The Labute approximate surface area is 625 Å². The van der Waals surface area contributed by atoms with E-state index in [-0.39, 0.29) is 0 Å². The molecule has 0 unspecified atom stereocenters. The minimum absolute atomic E-state index is 0.424. The lowest BCUT2D eigenvalue weighted by Crippen LogP contribution is -2.28. The van der Waals surface area contributed by atoms with E-state index in [9.17, 15) is 0 Å². The maximum atomic E-state index is 6.44. The predicted octanol–water partition coefficient (Wildman–Crippen LogP) is 27.6. The van der Waals surface area contributed by atoms with Gasteiger partial charge in [0, 0.05) is 50.5 Å². The molecule has 0 atom stereocenters. The van der Waals surface area contributed by atoms with Gasteiger partial charge in [-0.2, -0.15) is 0 Å². The Morgan fingerprint density at radius 3 is 0.822 bits per heavy atom. The first-order chi connectivity index (χ1) is 53.1. The van der Waals surface area contributed by atoms with Crippen LogP contribution in [0.1, 0.15) is 44.5 Å². The zero-order valence-electron chi connectivity index (χ0n) is 58.9. The fourth-order valence-electron chi connectivity index (χ4n) is 17.1. The van der Waals surface area contributed by atoms with Gasteiger partial charge in [-0.25, -0.2) is 0 Å². The number of hydrogen-bond acceptors (Lipinski definition) is 3. The molecule has 107 heavy (non-hydrogen) atoms. The average molecular weight is 1370 g/mol. The van der Waals surface area contributed by atoms with Gasteiger partial charge >= 0.3 is 0 Å². The van der Waals surface area contributed by atoms with Gasteiger partial charge in [0.05, 0.1) is 10.8 Å². The molecule has 2 aliphatic rings. The van der Waals surface area contributed by atoms with Crippen LogP contribution in [0.2, 0.25) is 0 Å². The van der Waals surface area contributed by atoms with Crippen molar-refractivity contribution in [2.45, 2.75) is 10.8 Å². The summed E-state index contributed by atoms with van der Waals surface area (Å²) in [5.41, 5.74) is 32.3. The molecule has 17 aromatic carbocycles. The lowest BCUT2D eigenvalue weighted by molar-refractivity contribution is 0.670. The zero-order chi connectivity index (χ0) is 71.1. The molecule has 0 bridgehead atoms. The van der Waals surface area contributed by atoms with Crippen LogP contribution in [0.4, 0.5) is 34.1 Å². The molecular formula is C104H72N2O. The number of nitrogens with zero attached hydrogens (tertiary/aromatic N) is 2. The highest BCUT2D eigenvalue weighted by Crippen LogP contribution is 2.59. The van der Waals surface area contributed by atoms with Crippen molar-refractivity contribution in [1.29, 1.82) is 0 Å². The number of benzene rings is 17. The van der Waals surface area contributed by atoms with E-state index in [1.807, 2.05) is 12.1 Å². The third-order valence-electron chi connectivity index (χ3n) is 21.9. The summed E-state index contributed by atoms with van der Waals surface area (Å²) in [4.78, 5) is 4.77. The molecule has 0 N–H and O–H groups in total. The van der Waals surface area contributed by atoms with E-state index in [4.69, 9.17) is 4.42 Å². The first kappa shape index (κ1) is 64.0. The Kier molecular flexibility index (Phi) is 16.4. The van der Waals surface area contributed by atoms with Gasteiger partial charge in [-0.1, -0.05) is 358 Å². The largest absolute Gasteiger partial charge is 0.455 e. The Hall–Kier alpha value is -13.9. The minimum atomic E-state index is -0.450. The second-order valence-electron chi connectivity index (χ2n) is 27.8. The molecule has 0 spiro atoms. The first-order valence-electron chi connectivity index (χ1n) is 36.9. The summed E-state index contributed by atoms with van der Waals surface area (Å²) in [6.07, 6.45) is 0. The molecule has 20 rings (SSSR count). The quantitative estimate of drug-likeness (QED) is 0.108. The highest BCUT2D eigenvalue weighted by Gasteiger charge is 2.48. The van der Waals surface area contributed by atoms with Gasteiger partial charge in [0.25, 0.3) is 0 Å². The molecular weight excluding hydrogens is 1290 g/mol. The highest BCUT2D eigenvalue weighted by molar-refractivity contribution is 6.09. The fourth-order valence-corrected chi connectivity index (χ4v) is 17.1. The lowest BCUT2D eigenvalue weighted by atomic mass is 9.68. The van der Waals surface area contributed by atoms with Crippen LogP contribution in [0.25, 0.3) is 88.7 Å². The normalized spacial score (nSPS) is 12.6. The zero-order valence-corrected chi connectivity index (χ0v) is 58.9. The van der Waals surface area contributed by atoms with Gasteiger partial charge in [0.15, 0.2) is 0 Å². The first-order valence-corrected chi connectivity index (χ1v) is 36.9. The van der Waals surface area contributed by atoms with Crippen molar-refractivity contribution in [3.8, 4) is 66.8 Å². The van der Waals surface area contributed by atoms with E-state index in [0.29, 0.717) is 0 Å². The number of hydrogen-bond donors (Lipinski definition) is 0. The van der Waals surface area contributed by atoms with E-state index in [1.54, 1.807) is 0 Å². The van der Waals surface area contributed by atoms with Gasteiger partial charge in [-0.3, -0.25) is 0 Å². The van der Waals surface area contributed by atoms with Gasteiger partial charge in [-0.05, 0) is 185 Å². The summed E-state index contributed by atoms with van der Waals surface area (Å²) in [7, 11) is 0. The van der Waals surface area contributed by atoms with Gasteiger partial charge in [0.1, 0.15) is 11.2 Å². The van der Waals surface area contributed by atoms with Crippen LogP contribution in [0, 0.1) is 0 Å². The van der Waals surface area contributed by atoms with E-state index in [2.05, 4.69) is 434 Å². The number of anilines is 6. The SMILES string of the molecule is c1ccc(-c2ccc(N(c3ccc(-c4cccc5c4oc4ccccc45)cc3)c3ccc4c(c3)-c3ccccc3C4(c3ccccc3)c3ccccc3)cc2)cc1.c1ccc(-c2ccc(N(c3ccc(-c4ccccc4)cc3)c3ccc4c(c3)-c3ccccc3C4(c3ccccc3)c3ccccc3)cc2)cc1. The molecule has 0 aliphatic heterocycles. The molecule has 2 aliphatic carbocycles. The number of furan rings is 1. The predicted molar refractivity (Wildman–Crippen MR) is 446 cm³/mol. The molecule has 1 heterocycles. The van der Waals surface area contributed by atoms with E-state index < -0.39 is 10.8 Å².